The van der Waals surface area contributed by atoms with Crippen LogP contribution < -0.4 is 5.32 Å². The summed E-state index contributed by atoms with van der Waals surface area (Å²) in [6, 6.07) is 1.41. The van der Waals surface area contributed by atoms with E-state index in [0.29, 0.717) is 0 Å². The Bertz CT molecular complexity index is 112. The number of hydrogen-bond acceptors (Lipinski definition) is 1. The van der Waals surface area contributed by atoms with E-state index in [0.717, 1.165) is 12.1 Å². The fraction of sp³-hybridized carbons (Fsp3) is 0.800. The summed E-state index contributed by atoms with van der Waals surface area (Å²) in [5, 5.41) is 3.35. The first-order chi connectivity index (χ1) is 5.72. The minimum Gasteiger partial charge on any atom is -0.317 e. The van der Waals surface area contributed by atoms with Crippen LogP contribution in [0.4, 0.5) is 0 Å². The van der Waals surface area contributed by atoms with Crippen molar-refractivity contribution in [1.82, 2.24) is 5.32 Å². The van der Waals surface area contributed by atoms with Crippen molar-refractivity contribution in [1.29, 1.82) is 0 Å². The van der Waals surface area contributed by atoms with Gasteiger partial charge in [-0.3, -0.25) is 0 Å². The highest BCUT2D eigenvalue weighted by atomic mass is 28.3. The molecule has 12 heavy (non-hydrogen) atoms. The van der Waals surface area contributed by atoms with Crippen LogP contribution in [0, 0.1) is 0 Å². The Morgan fingerprint density at radius 2 is 2.17 bits per heavy atom. The van der Waals surface area contributed by atoms with E-state index in [9.17, 15) is 0 Å². The first-order valence-corrected chi connectivity index (χ1v) is 7.20. The van der Waals surface area contributed by atoms with Crippen LogP contribution in [-0.4, -0.2) is 21.9 Å². The Hall–Kier alpha value is -0.0831. The maximum absolute atomic E-state index is 3.92. The van der Waals surface area contributed by atoms with Crippen molar-refractivity contribution < 1.29 is 0 Å². The first-order valence-electron chi connectivity index (χ1n) is 5.05. The largest absolute Gasteiger partial charge is 0.317 e. The van der Waals surface area contributed by atoms with Gasteiger partial charge >= 0.3 is 0 Å². The second-order valence-electron chi connectivity index (χ2n) is 3.64. The minimum absolute atomic E-state index is 0.605. The highest BCUT2D eigenvalue weighted by Crippen LogP contribution is 2.13. The van der Waals surface area contributed by atoms with Crippen LogP contribution in [-0.2, 0) is 0 Å². The topological polar surface area (TPSA) is 12.0 Å². The van der Waals surface area contributed by atoms with Gasteiger partial charge in [-0.15, -0.1) is 12.3 Å². The summed E-state index contributed by atoms with van der Waals surface area (Å²) in [4.78, 5) is 0. The molecule has 0 saturated heterocycles. The Kier molecular flexibility index (Phi) is 7.51. The van der Waals surface area contributed by atoms with Crippen LogP contribution in [0.15, 0.2) is 12.3 Å². The molecule has 0 saturated carbocycles. The zero-order valence-electron chi connectivity index (χ0n) is 8.77. The van der Waals surface area contributed by atoms with Crippen molar-refractivity contribution >= 4 is 8.80 Å². The fourth-order valence-electron chi connectivity index (χ4n) is 1.36. The fourth-order valence-corrected chi connectivity index (χ4v) is 3.49. The Morgan fingerprint density at radius 3 is 2.58 bits per heavy atom. The second kappa shape index (κ2) is 7.56. The molecule has 1 N–H and O–H groups in total. The smallest absolute Gasteiger partial charge is 0.0633 e. The Morgan fingerprint density at radius 1 is 1.50 bits per heavy atom. The number of nitrogens with one attached hydrogen (secondary N) is 1. The summed E-state index contributed by atoms with van der Waals surface area (Å²) in [7, 11) is -0.605. The van der Waals surface area contributed by atoms with Crippen molar-refractivity contribution in [2.45, 2.75) is 38.8 Å². The van der Waals surface area contributed by atoms with Gasteiger partial charge in [0.25, 0.3) is 0 Å². The molecule has 0 amide bonds. The summed E-state index contributed by atoms with van der Waals surface area (Å²) in [6.07, 6.45) is 1.33. The van der Waals surface area contributed by atoms with Crippen molar-refractivity contribution in [2.75, 3.05) is 13.1 Å². The third-order valence-electron chi connectivity index (χ3n) is 2.30. The van der Waals surface area contributed by atoms with E-state index < -0.39 is 8.80 Å². The zero-order valence-corrected chi connectivity index (χ0v) is 9.92. The lowest BCUT2D eigenvalue weighted by Crippen LogP contribution is -2.19. The van der Waals surface area contributed by atoms with E-state index in [1.54, 1.807) is 0 Å². The molecule has 2 heteroatoms. The highest BCUT2D eigenvalue weighted by Gasteiger charge is 2.09. The first kappa shape index (κ1) is 11.9. The van der Waals surface area contributed by atoms with Gasteiger partial charge in [0.1, 0.15) is 0 Å². The second-order valence-corrected chi connectivity index (χ2v) is 7.35. The molecule has 0 spiro atoms. The molecule has 1 unspecified atom stereocenters. The van der Waals surface area contributed by atoms with Crippen LogP contribution in [0.1, 0.15) is 27.2 Å². The van der Waals surface area contributed by atoms with Gasteiger partial charge in [0.15, 0.2) is 0 Å². The predicted octanol–water partition coefficient (Wildman–Crippen LogP) is 2.35. The molecule has 1 nitrogen and oxygen atoms in total. The van der Waals surface area contributed by atoms with Crippen molar-refractivity contribution in [3.63, 3.8) is 0 Å². The third-order valence-corrected chi connectivity index (χ3v) is 5.69. The molecule has 0 aliphatic carbocycles. The molecule has 0 radical (unpaired) electrons. The monoisotopic (exact) mass is 185 g/mol. The van der Waals surface area contributed by atoms with E-state index in [4.69, 9.17) is 0 Å². The summed E-state index contributed by atoms with van der Waals surface area (Å²) in [6.45, 7) is 13.0. The van der Waals surface area contributed by atoms with Gasteiger partial charge in [-0.2, -0.15) is 0 Å². The Labute approximate surface area is 78.9 Å². The summed E-state index contributed by atoms with van der Waals surface area (Å²) < 4.78 is 0. The zero-order chi connectivity index (χ0) is 9.40. The van der Waals surface area contributed by atoms with Crippen molar-refractivity contribution in [2.24, 2.45) is 0 Å². The minimum atomic E-state index is -0.605. The molecule has 0 fully saturated rings. The maximum Gasteiger partial charge on any atom is 0.0633 e. The molecule has 0 aromatic heterocycles. The molecule has 0 aliphatic rings. The van der Waals surface area contributed by atoms with Crippen LogP contribution in [0.2, 0.25) is 11.6 Å². The van der Waals surface area contributed by atoms with Crippen LogP contribution in [0.25, 0.3) is 0 Å². The van der Waals surface area contributed by atoms with E-state index in [1.807, 2.05) is 0 Å². The average molecular weight is 185 g/mol. The van der Waals surface area contributed by atoms with Crippen molar-refractivity contribution in [3.05, 3.63) is 12.3 Å². The normalized spacial score (nSPS) is 13.3. The van der Waals surface area contributed by atoms with Crippen LogP contribution >= 0.6 is 0 Å². The summed E-state index contributed by atoms with van der Waals surface area (Å²) >= 11 is 0. The molecule has 0 aliphatic heterocycles. The van der Waals surface area contributed by atoms with E-state index in [1.165, 1.54) is 19.0 Å². The van der Waals surface area contributed by atoms with Gasteiger partial charge in [-0.05, 0) is 19.5 Å². The van der Waals surface area contributed by atoms with Gasteiger partial charge in [0.05, 0.1) is 8.80 Å². The molecule has 1 atom stereocenters. The molecule has 0 bridgehead atoms. The highest BCUT2D eigenvalue weighted by molar-refractivity contribution is 6.65. The third kappa shape index (κ3) is 5.55. The molecule has 0 aromatic carbocycles. The lowest BCUT2D eigenvalue weighted by molar-refractivity contribution is 0.699. The molecular weight excluding hydrogens is 162 g/mol. The van der Waals surface area contributed by atoms with Crippen LogP contribution in [0.3, 0.4) is 0 Å². The standard InChI is InChI=1S/C10H23NSi/c1-5-11-8-7-9-12(6-2)10(3)4/h6,10-12H,2,5,7-9H2,1,3-4H3. The quantitative estimate of drug-likeness (QED) is 0.474. The lowest BCUT2D eigenvalue weighted by Gasteiger charge is -2.14. The molecule has 0 rings (SSSR count). The maximum atomic E-state index is 3.92. The van der Waals surface area contributed by atoms with E-state index in [2.05, 4.69) is 38.4 Å². The summed E-state index contributed by atoms with van der Waals surface area (Å²) in [5.74, 6) is 0. The molecule has 0 heterocycles. The van der Waals surface area contributed by atoms with E-state index in [-0.39, 0.29) is 0 Å². The van der Waals surface area contributed by atoms with E-state index >= 15 is 0 Å². The van der Waals surface area contributed by atoms with Crippen LogP contribution in [0.5, 0.6) is 0 Å². The van der Waals surface area contributed by atoms with Gasteiger partial charge in [-0.1, -0.05) is 32.4 Å². The van der Waals surface area contributed by atoms with Crippen molar-refractivity contribution in [3.8, 4) is 0 Å². The van der Waals surface area contributed by atoms with Gasteiger partial charge in [0.2, 0.25) is 0 Å². The van der Waals surface area contributed by atoms with Gasteiger partial charge < -0.3 is 5.32 Å². The number of rotatable bonds is 7. The van der Waals surface area contributed by atoms with Gasteiger partial charge in [-0.25, -0.2) is 0 Å². The Balaban J connectivity index is 3.38. The average Bonchev–Trinajstić information content (AvgIpc) is 2.04. The molecular formula is C10H23NSi. The molecule has 72 valence electrons. The summed E-state index contributed by atoms with van der Waals surface area (Å²) in [5.41, 5.74) is 3.11. The lowest BCUT2D eigenvalue weighted by atomic mass is 10.5. The number of hydrogen-bond donors (Lipinski definition) is 1. The SMILES string of the molecule is C=C[SiH](CCCNCC)C(C)C. The van der Waals surface area contributed by atoms with Gasteiger partial charge in [0, 0.05) is 0 Å². The predicted molar refractivity (Wildman–Crippen MR) is 60.4 cm³/mol. The molecule has 0 aromatic rings.